The maximum atomic E-state index is 11.3. The minimum atomic E-state index is -1.11. The third-order valence-corrected chi connectivity index (χ3v) is 2.19. The summed E-state index contributed by atoms with van der Waals surface area (Å²) in [6, 6.07) is 1.99. The highest BCUT2D eigenvalue weighted by atomic mass is 16.4. The molecule has 0 fully saturated rings. The summed E-state index contributed by atoms with van der Waals surface area (Å²) in [4.78, 5) is 21.5. The van der Waals surface area contributed by atoms with E-state index in [1.165, 1.54) is 4.68 Å². The molecule has 8 heteroatoms. The molecule has 0 bridgehead atoms. The standard InChI is InChI=1S/C10H13N5O3/c1-6-7(3-11)10(15(2)14-6)13-4-8(16)12-5-9(17)18/h13H,4-5H2,1-2H3,(H,12,16)(H,17,18). The quantitative estimate of drug-likeness (QED) is 0.631. The lowest BCUT2D eigenvalue weighted by atomic mass is 10.2. The Morgan fingerprint density at radius 3 is 2.72 bits per heavy atom. The highest BCUT2D eigenvalue weighted by molar-refractivity contribution is 5.84. The van der Waals surface area contributed by atoms with Gasteiger partial charge in [0.15, 0.2) is 0 Å². The Kier molecular flexibility index (Phi) is 4.26. The highest BCUT2D eigenvalue weighted by Crippen LogP contribution is 2.16. The van der Waals surface area contributed by atoms with Gasteiger partial charge < -0.3 is 15.7 Å². The van der Waals surface area contributed by atoms with Crippen LogP contribution in [0.3, 0.4) is 0 Å². The van der Waals surface area contributed by atoms with Crippen LogP contribution in [0.5, 0.6) is 0 Å². The number of hydrogen-bond acceptors (Lipinski definition) is 5. The van der Waals surface area contributed by atoms with Crippen molar-refractivity contribution < 1.29 is 14.7 Å². The number of anilines is 1. The van der Waals surface area contributed by atoms with Gasteiger partial charge in [-0.2, -0.15) is 10.4 Å². The molecular formula is C10H13N5O3. The lowest BCUT2D eigenvalue weighted by Gasteiger charge is -2.06. The molecule has 0 saturated heterocycles. The number of amides is 1. The smallest absolute Gasteiger partial charge is 0.322 e. The molecule has 3 N–H and O–H groups in total. The van der Waals surface area contributed by atoms with Crippen LogP contribution in [0.1, 0.15) is 11.3 Å². The Labute approximate surface area is 103 Å². The molecule has 18 heavy (non-hydrogen) atoms. The molecule has 0 saturated carbocycles. The summed E-state index contributed by atoms with van der Waals surface area (Å²) in [6.07, 6.45) is 0. The molecule has 0 radical (unpaired) electrons. The van der Waals surface area contributed by atoms with Crippen molar-refractivity contribution in [3.05, 3.63) is 11.3 Å². The van der Waals surface area contributed by atoms with Crippen LogP contribution in [0.4, 0.5) is 5.82 Å². The second-order valence-electron chi connectivity index (χ2n) is 3.57. The molecule has 0 spiro atoms. The summed E-state index contributed by atoms with van der Waals surface area (Å²) in [7, 11) is 1.64. The molecule has 1 aromatic heterocycles. The van der Waals surface area contributed by atoms with E-state index in [2.05, 4.69) is 15.7 Å². The summed E-state index contributed by atoms with van der Waals surface area (Å²) in [5.74, 6) is -1.15. The summed E-state index contributed by atoms with van der Waals surface area (Å²) < 4.78 is 1.46. The largest absolute Gasteiger partial charge is 0.480 e. The second kappa shape index (κ2) is 5.67. The van der Waals surface area contributed by atoms with Gasteiger partial charge in [-0.25, -0.2) is 0 Å². The Morgan fingerprint density at radius 1 is 1.50 bits per heavy atom. The summed E-state index contributed by atoms with van der Waals surface area (Å²) in [6.45, 7) is 1.13. The molecular weight excluding hydrogens is 238 g/mol. The molecule has 96 valence electrons. The van der Waals surface area contributed by atoms with Gasteiger partial charge >= 0.3 is 5.97 Å². The van der Waals surface area contributed by atoms with Gasteiger partial charge in [0.2, 0.25) is 5.91 Å². The van der Waals surface area contributed by atoms with Gasteiger partial charge in [0.1, 0.15) is 24.0 Å². The van der Waals surface area contributed by atoms with E-state index >= 15 is 0 Å². The number of aliphatic carboxylic acids is 1. The van der Waals surface area contributed by atoms with Gasteiger partial charge in [0.05, 0.1) is 12.2 Å². The van der Waals surface area contributed by atoms with Crippen LogP contribution >= 0.6 is 0 Å². The third kappa shape index (κ3) is 3.21. The van der Waals surface area contributed by atoms with Crippen LogP contribution in [0.2, 0.25) is 0 Å². The number of carboxylic acids is 1. The number of carbonyl (C=O) groups is 2. The summed E-state index contributed by atoms with van der Waals surface area (Å²) in [5, 5.41) is 26.3. The first kappa shape index (κ1) is 13.5. The average Bonchev–Trinajstić information content (AvgIpc) is 2.57. The Bertz CT molecular complexity index is 514. The first-order valence-electron chi connectivity index (χ1n) is 5.11. The lowest BCUT2D eigenvalue weighted by Crippen LogP contribution is -2.34. The van der Waals surface area contributed by atoms with Gasteiger partial charge in [0, 0.05) is 7.05 Å². The molecule has 0 aliphatic carbocycles. The fraction of sp³-hybridized carbons (Fsp3) is 0.400. The first-order chi connectivity index (χ1) is 8.45. The monoisotopic (exact) mass is 251 g/mol. The molecule has 0 aromatic carbocycles. The third-order valence-electron chi connectivity index (χ3n) is 2.19. The van der Waals surface area contributed by atoms with E-state index in [1.54, 1.807) is 14.0 Å². The van der Waals surface area contributed by atoms with Crippen molar-refractivity contribution in [2.75, 3.05) is 18.4 Å². The van der Waals surface area contributed by atoms with Crippen molar-refractivity contribution in [3.63, 3.8) is 0 Å². The van der Waals surface area contributed by atoms with Crippen LogP contribution < -0.4 is 10.6 Å². The maximum absolute atomic E-state index is 11.3. The Balaban J connectivity index is 2.62. The number of aromatic nitrogens is 2. The summed E-state index contributed by atoms with van der Waals surface area (Å²) >= 11 is 0. The van der Waals surface area contributed by atoms with Crippen molar-refractivity contribution in [2.45, 2.75) is 6.92 Å². The van der Waals surface area contributed by atoms with Crippen LogP contribution in [0, 0.1) is 18.3 Å². The minimum absolute atomic E-state index is 0.124. The second-order valence-corrected chi connectivity index (χ2v) is 3.57. The van der Waals surface area contributed by atoms with E-state index in [-0.39, 0.29) is 6.54 Å². The number of hydrogen-bond donors (Lipinski definition) is 3. The zero-order chi connectivity index (χ0) is 13.7. The van der Waals surface area contributed by atoms with Crippen LogP contribution in [-0.2, 0) is 16.6 Å². The fourth-order valence-electron chi connectivity index (χ4n) is 1.40. The van der Waals surface area contributed by atoms with Crippen molar-refractivity contribution in [3.8, 4) is 6.07 Å². The molecule has 1 amide bonds. The number of carboxylic acid groups (broad SMARTS) is 1. The zero-order valence-electron chi connectivity index (χ0n) is 10.0. The lowest BCUT2D eigenvalue weighted by molar-refractivity contribution is -0.137. The number of nitrogens with zero attached hydrogens (tertiary/aromatic N) is 3. The number of carbonyl (C=O) groups excluding carboxylic acids is 1. The fourth-order valence-corrected chi connectivity index (χ4v) is 1.40. The zero-order valence-corrected chi connectivity index (χ0v) is 10.0. The average molecular weight is 251 g/mol. The minimum Gasteiger partial charge on any atom is -0.480 e. The molecule has 1 rings (SSSR count). The molecule has 0 unspecified atom stereocenters. The topological polar surface area (TPSA) is 120 Å². The number of nitrogens with one attached hydrogen (secondary N) is 2. The Morgan fingerprint density at radius 2 is 2.17 bits per heavy atom. The normalized spacial score (nSPS) is 9.61. The van der Waals surface area contributed by atoms with E-state index in [0.717, 1.165) is 0 Å². The molecule has 1 heterocycles. The molecule has 1 aromatic rings. The van der Waals surface area contributed by atoms with E-state index in [1.807, 2.05) is 6.07 Å². The van der Waals surface area contributed by atoms with E-state index < -0.39 is 18.4 Å². The van der Waals surface area contributed by atoms with Crippen molar-refractivity contribution in [2.24, 2.45) is 7.05 Å². The maximum Gasteiger partial charge on any atom is 0.322 e. The SMILES string of the molecule is Cc1nn(C)c(NCC(=O)NCC(=O)O)c1C#N. The molecule has 8 nitrogen and oxygen atoms in total. The van der Waals surface area contributed by atoms with Crippen molar-refractivity contribution in [1.29, 1.82) is 5.26 Å². The van der Waals surface area contributed by atoms with E-state index in [4.69, 9.17) is 10.4 Å². The first-order valence-corrected chi connectivity index (χ1v) is 5.11. The van der Waals surface area contributed by atoms with Crippen LogP contribution in [-0.4, -0.2) is 39.9 Å². The Hall–Kier alpha value is -2.56. The van der Waals surface area contributed by atoms with Gasteiger partial charge in [-0.05, 0) is 6.92 Å². The number of rotatable bonds is 5. The molecule has 0 aliphatic heterocycles. The molecule has 0 atom stereocenters. The number of aryl methyl sites for hydroxylation is 2. The van der Waals surface area contributed by atoms with Gasteiger partial charge in [0.25, 0.3) is 0 Å². The number of nitriles is 1. The predicted molar refractivity (Wildman–Crippen MR) is 61.8 cm³/mol. The highest BCUT2D eigenvalue weighted by Gasteiger charge is 2.13. The van der Waals surface area contributed by atoms with Crippen molar-refractivity contribution >= 4 is 17.7 Å². The van der Waals surface area contributed by atoms with Crippen LogP contribution in [0.15, 0.2) is 0 Å². The van der Waals surface area contributed by atoms with E-state index in [9.17, 15) is 9.59 Å². The predicted octanol–water partition coefficient (Wildman–Crippen LogP) is -0.787. The van der Waals surface area contributed by atoms with Crippen LogP contribution in [0.25, 0.3) is 0 Å². The van der Waals surface area contributed by atoms with Gasteiger partial charge in [-0.3, -0.25) is 14.3 Å². The molecule has 0 aliphatic rings. The van der Waals surface area contributed by atoms with Crippen molar-refractivity contribution in [1.82, 2.24) is 15.1 Å². The van der Waals surface area contributed by atoms with Gasteiger partial charge in [-0.1, -0.05) is 0 Å². The van der Waals surface area contributed by atoms with Gasteiger partial charge in [-0.15, -0.1) is 0 Å². The van der Waals surface area contributed by atoms with E-state index in [0.29, 0.717) is 17.1 Å². The summed E-state index contributed by atoms with van der Waals surface area (Å²) in [5.41, 5.74) is 0.928.